The van der Waals surface area contributed by atoms with Gasteiger partial charge in [-0.3, -0.25) is 4.90 Å². The highest BCUT2D eigenvalue weighted by Crippen LogP contribution is 2.37. The topological polar surface area (TPSA) is 67.9 Å². The van der Waals surface area contributed by atoms with Crippen LogP contribution in [0.15, 0.2) is 47.7 Å². The first kappa shape index (κ1) is 23.0. The molecule has 31 heavy (non-hydrogen) atoms. The number of nitrogens with zero attached hydrogens (tertiary/aromatic N) is 1. The molecule has 0 saturated carbocycles. The van der Waals surface area contributed by atoms with Gasteiger partial charge in [0.1, 0.15) is 12.4 Å². The van der Waals surface area contributed by atoms with Crippen molar-refractivity contribution >= 4 is 35.2 Å². The highest BCUT2D eigenvalue weighted by molar-refractivity contribution is 6.42. The summed E-state index contributed by atoms with van der Waals surface area (Å²) in [7, 11) is 1.57. The van der Waals surface area contributed by atoms with Crippen LogP contribution in [0, 0.1) is 13.8 Å². The first-order chi connectivity index (χ1) is 14.7. The summed E-state index contributed by atoms with van der Waals surface area (Å²) in [4.78, 5) is 27.0. The second-order valence-corrected chi connectivity index (χ2v) is 8.06. The predicted octanol–water partition coefficient (Wildman–Crippen LogP) is 5.20. The highest BCUT2D eigenvalue weighted by atomic mass is 35.5. The van der Waals surface area contributed by atoms with Crippen molar-refractivity contribution in [3.63, 3.8) is 0 Å². The fraction of sp³-hybridized carbons (Fsp3) is 0.304. The minimum Gasteiger partial charge on any atom is -0.487 e. The summed E-state index contributed by atoms with van der Waals surface area (Å²) in [5.41, 5.74) is 3.24. The maximum absolute atomic E-state index is 13.0. The van der Waals surface area contributed by atoms with Gasteiger partial charge in [-0.1, -0.05) is 41.4 Å². The van der Waals surface area contributed by atoms with Gasteiger partial charge in [0.05, 0.1) is 34.0 Å². The molecule has 0 aromatic heterocycles. The van der Waals surface area contributed by atoms with Gasteiger partial charge in [0.25, 0.3) is 0 Å². The number of hydrogen-bond donors (Lipinski definition) is 1. The monoisotopic (exact) mass is 462 g/mol. The molecule has 164 valence electrons. The van der Waals surface area contributed by atoms with Crippen LogP contribution in [0.2, 0.25) is 10.0 Å². The lowest BCUT2D eigenvalue weighted by Crippen LogP contribution is -2.48. The van der Waals surface area contributed by atoms with Crippen molar-refractivity contribution in [2.45, 2.75) is 26.8 Å². The maximum atomic E-state index is 13.0. The molecule has 8 heteroatoms. The summed E-state index contributed by atoms with van der Waals surface area (Å²) in [6, 6.07) is 9.67. The Labute approximate surface area is 191 Å². The number of nitrogens with one attached hydrogen (secondary N) is 1. The number of carbonyl (C=O) groups excluding carboxylic acids is 2. The van der Waals surface area contributed by atoms with Crippen LogP contribution in [0.25, 0.3) is 0 Å². The van der Waals surface area contributed by atoms with Crippen LogP contribution < -0.4 is 10.1 Å². The van der Waals surface area contributed by atoms with E-state index in [-0.39, 0.29) is 23.8 Å². The summed E-state index contributed by atoms with van der Waals surface area (Å²) in [5, 5.41) is 3.40. The van der Waals surface area contributed by atoms with Gasteiger partial charge in [-0.25, -0.2) is 9.59 Å². The average Bonchev–Trinajstić information content (AvgIpc) is 2.70. The van der Waals surface area contributed by atoms with E-state index in [0.717, 1.165) is 11.1 Å². The van der Waals surface area contributed by atoms with Crippen LogP contribution in [0.4, 0.5) is 4.79 Å². The maximum Gasteiger partial charge on any atom is 0.338 e. The molecule has 0 bridgehead atoms. The largest absolute Gasteiger partial charge is 0.487 e. The summed E-state index contributed by atoms with van der Waals surface area (Å²) >= 11 is 12.6. The van der Waals surface area contributed by atoms with Crippen molar-refractivity contribution in [3.05, 3.63) is 74.4 Å². The molecule has 2 aromatic rings. The number of benzene rings is 2. The van der Waals surface area contributed by atoms with Gasteiger partial charge in [-0.2, -0.15) is 0 Å². The Bertz CT molecular complexity index is 1030. The average molecular weight is 463 g/mol. The number of carbonyl (C=O) groups is 2. The number of ether oxygens (including phenoxy) is 2. The van der Waals surface area contributed by atoms with Gasteiger partial charge in [-0.15, -0.1) is 0 Å². The molecule has 6 nitrogen and oxygen atoms in total. The number of rotatable bonds is 6. The standard InChI is InChI=1S/C23H24Cl2N2O4/c1-5-30-22(28)19-18(12-31-15-10-13(2)9-14(3)11-15)27(4)23(29)26-21(19)16-7-6-8-17(24)20(16)25/h6-11,21H,5,12H2,1-4H3,(H,26,29)/t21-/m1/s1. The lowest BCUT2D eigenvalue weighted by molar-refractivity contribution is -0.139. The highest BCUT2D eigenvalue weighted by Gasteiger charge is 2.38. The molecule has 0 radical (unpaired) electrons. The number of halogens is 2. The zero-order valence-corrected chi connectivity index (χ0v) is 19.3. The van der Waals surface area contributed by atoms with Crippen LogP contribution in [-0.4, -0.2) is 37.2 Å². The third kappa shape index (κ3) is 4.97. The Morgan fingerprint density at radius 3 is 2.48 bits per heavy atom. The molecule has 0 aliphatic carbocycles. The smallest absolute Gasteiger partial charge is 0.338 e. The van der Waals surface area contributed by atoms with E-state index >= 15 is 0 Å². The van der Waals surface area contributed by atoms with E-state index < -0.39 is 18.0 Å². The molecular formula is C23H24Cl2N2O4. The molecular weight excluding hydrogens is 439 g/mol. The summed E-state index contributed by atoms with van der Waals surface area (Å²) in [6.45, 7) is 5.84. The van der Waals surface area contributed by atoms with Crippen molar-refractivity contribution in [2.24, 2.45) is 0 Å². The van der Waals surface area contributed by atoms with E-state index in [0.29, 0.717) is 22.0 Å². The van der Waals surface area contributed by atoms with Gasteiger partial charge < -0.3 is 14.8 Å². The first-order valence-electron chi connectivity index (χ1n) is 9.82. The second-order valence-electron chi connectivity index (χ2n) is 7.28. The number of likely N-dealkylation sites (N-methyl/N-ethyl adjacent to an activating group) is 1. The van der Waals surface area contributed by atoms with Gasteiger partial charge in [0.15, 0.2) is 0 Å². The molecule has 1 N–H and O–H groups in total. The zero-order chi connectivity index (χ0) is 22.7. The normalized spacial score (nSPS) is 16.3. The Kier molecular flexibility index (Phi) is 7.13. The Morgan fingerprint density at radius 1 is 1.16 bits per heavy atom. The van der Waals surface area contributed by atoms with E-state index in [9.17, 15) is 9.59 Å². The van der Waals surface area contributed by atoms with Crippen LogP contribution in [0.1, 0.15) is 29.7 Å². The lowest BCUT2D eigenvalue weighted by Gasteiger charge is -2.34. The van der Waals surface area contributed by atoms with Crippen molar-refractivity contribution < 1.29 is 19.1 Å². The molecule has 1 aliphatic heterocycles. The minimum atomic E-state index is -0.827. The summed E-state index contributed by atoms with van der Waals surface area (Å²) in [6.07, 6.45) is 0. The summed E-state index contributed by atoms with van der Waals surface area (Å²) in [5.74, 6) is 0.0827. The molecule has 0 fully saturated rings. The van der Waals surface area contributed by atoms with Crippen LogP contribution in [0.3, 0.4) is 0 Å². The molecule has 0 unspecified atom stereocenters. The Morgan fingerprint density at radius 2 is 1.84 bits per heavy atom. The van der Waals surface area contributed by atoms with Gasteiger partial charge in [0.2, 0.25) is 0 Å². The molecule has 1 aliphatic rings. The van der Waals surface area contributed by atoms with E-state index in [1.165, 1.54) is 4.90 Å². The number of esters is 1. The van der Waals surface area contributed by atoms with Gasteiger partial charge in [-0.05, 0) is 55.7 Å². The Hall–Kier alpha value is -2.70. The lowest BCUT2D eigenvalue weighted by atomic mass is 9.94. The van der Waals surface area contributed by atoms with E-state index in [1.807, 2.05) is 32.0 Å². The minimum absolute atomic E-state index is 0.00432. The van der Waals surface area contributed by atoms with Crippen LogP contribution in [0.5, 0.6) is 5.75 Å². The second kappa shape index (κ2) is 9.62. The van der Waals surface area contributed by atoms with Gasteiger partial charge >= 0.3 is 12.0 Å². The van der Waals surface area contributed by atoms with Gasteiger partial charge in [0, 0.05) is 7.05 Å². The molecule has 2 amide bonds. The van der Waals surface area contributed by atoms with Crippen molar-refractivity contribution in [1.29, 1.82) is 0 Å². The SMILES string of the molecule is CCOC(=O)C1=C(COc2cc(C)cc(C)c2)N(C)C(=O)N[C@@H]1c1cccc(Cl)c1Cl. The number of urea groups is 1. The number of hydrogen-bond acceptors (Lipinski definition) is 4. The van der Waals surface area contributed by atoms with Crippen LogP contribution in [-0.2, 0) is 9.53 Å². The molecule has 0 saturated heterocycles. The predicted molar refractivity (Wildman–Crippen MR) is 121 cm³/mol. The zero-order valence-electron chi connectivity index (χ0n) is 17.8. The fourth-order valence-electron chi connectivity index (χ4n) is 3.53. The van der Waals surface area contributed by atoms with E-state index in [1.54, 1.807) is 32.2 Å². The van der Waals surface area contributed by atoms with Crippen LogP contribution >= 0.6 is 23.2 Å². The van der Waals surface area contributed by atoms with Crippen molar-refractivity contribution in [3.8, 4) is 5.75 Å². The molecule has 1 heterocycles. The van der Waals surface area contributed by atoms with Crippen molar-refractivity contribution in [1.82, 2.24) is 10.2 Å². The Balaban J connectivity index is 2.08. The first-order valence-corrected chi connectivity index (χ1v) is 10.6. The van der Waals surface area contributed by atoms with Crippen molar-refractivity contribution in [2.75, 3.05) is 20.3 Å². The molecule has 2 aromatic carbocycles. The van der Waals surface area contributed by atoms with E-state index in [4.69, 9.17) is 32.7 Å². The summed E-state index contributed by atoms with van der Waals surface area (Å²) < 4.78 is 11.3. The third-order valence-corrected chi connectivity index (χ3v) is 5.77. The molecule has 0 spiro atoms. The third-order valence-electron chi connectivity index (χ3n) is 4.94. The number of amides is 2. The van der Waals surface area contributed by atoms with E-state index in [2.05, 4.69) is 5.32 Å². The number of aryl methyl sites for hydroxylation is 2. The molecule has 3 rings (SSSR count). The molecule has 1 atom stereocenters. The fourth-order valence-corrected chi connectivity index (χ4v) is 3.94. The quantitative estimate of drug-likeness (QED) is 0.598.